The number of anilines is 1. The van der Waals surface area contributed by atoms with E-state index in [-0.39, 0.29) is 23.9 Å². The quantitative estimate of drug-likeness (QED) is 0.667. The van der Waals surface area contributed by atoms with E-state index >= 15 is 0 Å². The number of aromatic nitrogens is 3. The van der Waals surface area contributed by atoms with Gasteiger partial charge in [-0.3, -0.25) is 9.78 Å². The van der Waals surface area contributed by atoms with E-state index in [0.29, 0.717) is 6.54 Å². The summed E-state index contributed by atoms with van der Waals surface area (Å²) >= 11 is 1.63. The van der Waals surface area contributed by atoms with E-state index in [9.17, 15) is 4.79 Å². The average molecular weight is 428 g/mol. The summed E-state index contributed by atoms with van der Waals surface area (Å²) in [6, 6.07) is 5.64. The van der Waals surface area contributed by atoms with Gasteiger partial charge in [-0.15, -0.1) is 0 Å². The van der Waals surface area contributed by atoms with Crippen LogP contribution >= 0.6 is 11.3 Å². The molecule has 1 fully saturated rings. The molecule has 0 aliphatic carbocycles. The molecular weight excluding hydrogens is 402 g/mol. The second-order valence-corrected chi connectivity index (χ2v) is 8.61. The highest BCUT2D eigenvalue weighted by atomic mass is 32.1. The molecule has 30 heavy (non-hydrogen) atoms. The monoisotopic (exact) mass is 427 g/mol. The van der Waals surface area contributed by atoms with Crippen molar-refractivity contribution in [3.8, 4) is 10.4 Å². The predicted molar refractivity (Wildman–Crippen MR) is 115 cm³/mol. The molecule has 1 saturated heterocycles. The van der Waals surface area contributed by atoms with Crippen LogP contribution < -0.4 is 10.2 Å². The Bertz CT molecular complexity index is 1000. The van der Waals surface area contributed by atoms with Gasteiger partial charge in [0.15, 0.2) is 5.13 Å². The lowest BCUT2D eigenvalue weighted by atomic mass is 10.1. The van der Waals surface area contributed by atoms with Crippen LogP contribution in [0, 0.1) is 13.8 Å². The van der Waals surface area contributed by atoms with E-state index in [1.807, 2.05) is 13.8 Å². The zero-order chi connectivity index (χ0) is 21.3. The summed E-state index contributed by atoms with van der Waals surface area (Å²) in [5, 5.41) is 7.41. The maximum Gasteiger partial charge on any atom is 0.290 e. The van der Waals surface area contributed by atoms with Crippen LogP contribution in [-0.2, 0) is 11.3 Å². The maximum absolute atomic E-state index is 12.3. The van der Waals surface area contributed by atoms with Crippen molar-refractivity contribution in [2.75, 3.05) is 18.0 Å². The third kappa shape index (κ3) is 4.52. The molecule has 0 spiro atoms. The predicted octanol–water partition coefficient (Wildman–Crippen LogP) is 3.35. The Hall–Kier alpha value is -2.78. The van der Waals surface area contributed by atoms with E-state index in [4.69, 9.17) is 14.2 Å². The maximum atomic E-state index is 12.3. The fourth-order valence-electron chi connectivity index (χ4n) is 3.70. The van der Waals surface area contributed by atoms with Gasteiger partial charge in [0.1, 0.15) is 0 Å². The fourth-order valence-corrected chi connectivity index (χ4v) is 4.79. The minimum Gasteiger partial charge on any atom is -0.372 e. The normalized spacial score (nSPS) is 19.1. The molecule has 4 rings (SSSR count). The standard InChI is InChI=1S/C21H25N5O3S/c1-12-7-16(8-13(2)24-12)19-17(9-22-20(27)18-5-6-23-29-18)25-21(30-19)26-10-14(3)28-15(4)11-26/h5-8,14-15H,9-11H2,1-4H3,(H,22,27)/t14-,15+. The Labute approximate surface area is 179 Å². The van der Waals surface area contributed by atoms with Crippen LogP contribution in [0.1, 0.15) is 41.5 Å². The molecule has 0 aromatic carbocycles. The fraction of sp³-hybridized carbons (Fsp3) is 0.429. The van der Waals surface area contributed by atoms with E-state index in [1.54, 1.807) is 11.3 Å². The Morgan fingerprint density at radius 3 is 2.53 bits per heavy atom. The Kier molecular flexibility index (Phi) is 5.83. The van der Waals surface area contributed by atoms with E-state index in [2.05, 4.69) is 46.3 Å². The number of pyridine rings is 1. The van der Waals surface area contributed by atoms with Crippen LogP contribution in [0.5, 0.6) is 0 Å². The third-order valence-corrected chi connectivity index (χ3v) is 6.01. The first-order valence-electron chi connectivity index (χ1n) is 9.93. The van der Waals surface area contributed by atoms with Crippen molar-refractivity contribution in [1.29, 1.82) is 0 Å². The van der Waals surface area contributed by atoms with Crippen molar-refractivity contribution in [1.82, 2.24) is 20.4 Å². The number of rotatable bonds is 5. The number of ether oxygens (including phenoxy) is 1. The number of carbonyl (C=O) groups is 1. The number of nitrogens with one attached hydrogen (secondary N) is 1. The summed E-state index contributed by atoms with van der Waals surface area (Å²) in [5.41, 5.74) is 3.78. The highest BCUT2D eigenvalue weighted by Gasteiger charge is 2.26. The first-order chi connectivity index (χ1) is 14.4. The summed E-state index contributed by atoms with van der Waals surface area (Å²) in [7, 11) is 0. The van der Waals surface area contributed by atoms with Crippen molar-refractivity contribution in [3.63, 3.8) is 0 Å². The van der Waals surface area contributed by atoms with Crippen molar-refractivity contribution in [2.24, 2.45) is 0 Å². The Balaban J connectivity index is 1.65. The van der Waals surface area contributed by atoms with Crippen LogP contribution in [0.15, 0.2) is 28.9 Å². The number of nitrogens with zero attached hydrogens (tertiary/aromatic N) is 4. The van der Waals surface area contributed by atoms with Gasteiger partial charge < -0.3 is 19.5 Å². The number of amides is 1. The van der Waals surface area contributed by atoms with Gasteiger partial charge in [0, 0.05) is 30.5 Å². The first-order valence-corrected chi connectivity index (χ1v) is 10.8. The van der Waals surface area contributed by atoms with Gasteiger partial charge in [-0.1, -0.05) is 16.5 Å². The summed E-state index contributed by atoms with van der Waals surface area (Å²) in [6.45, 7) is 9.98. The Morgan fingerprint density at radius 1 is 1.20 bits per heavy atom. The van der Waals surface area contributed by atoms with Gasteiger partial charge in [-0.05, 0) is 45.4 Å². The smallest absolute Gasteiger partial charge is 0.290 e. The van der Waals surface area contributed by atoms with Crippen molar-refractivity contribution in [2.45, 2.75) is 46.4 Å². The highest BCUT2D eigenvalue weighted by Crippen LogP contribution is 2.36. The molecule has 0 radical (unpaired) electrons. The van der Waals surface area contributed by atoms with Crippen molar-refractivity contribution >= 4 is 22.4 Å². The zero-order valence-electron chi connectivity index (χ0n) is 17.5. The molecule has 2 atom stereocenters. The molecule has 158 valence electrons. The van der Waals surface area contributed by atoms with Crippen LogP contribution in [0.25, 0.3) is 10.4 Å². The summed E-state index contributed by atoms with van der Waals surface area (Å²) < 4.78 is 10.8. The first kappa shape index (κ1) is 20.5. The van der Waals surface area contributed by atoms with E-state index in [0.717, 1.165) is 45.7 Å². The van der Waals surface area contributed by atoms with E-state index in [1.165, 1.54) is 12.3 Å². The van der Waals surface area contributed by atoms with Crippen LogP contribution in [-0.4, -0.2) is 46.3 Å². The SMILES string of the molecule is Cc1cc(-c2sc(N3C[C@@H](C)O[C@@H](C)C3)nc2CNC(=O)c2ccno2)cc(C)n1. The zero-order valence-corrected chi connectivity index (χ0v) is 18.3. The molecule has 1 aliphatic heterocycles. The number of aryl methyl sites for hydroxylation is 2. The summed E-state index contributed by atoms with van der Waals surface area (Å²) in [5.74, 6) is -0.137. The molecular formula is C21H25N5O3S. The van der Waals surface area contributed by atoms with Gasteiger partial charge in [-0.2, -0.15) is 0 Å². The van der Waals surface area contributed by atoms with Crippen molar-refractivity contribution in [3.05, 3.63) is 47.2 Å². The largest absolute Gasteiger partial charge is 0.372 e. The molecule has 3 aromatic heterocycles. The molecule has 1 amide bonds. The summed E-state index contributed by atoms with van der Waals surface area (Å²) in [4.78, 5) is 25.0. The van der Waals surface area contributed by atoms with Crippen LogP contribution in [0.4, 0.5) is 5.13 Å². The van der Waals surface area contributed by atoms with Gasteiger partial charge >= 0.3 is 0 Å². The second kappa shape index (κ2) is 8.53. The molecule has 0 unspecified atom stereocenters. The molecule has 1 N–H and O–H groups in total. The lowest BCUT2D eigenvalue weighted by Crippen LogP contribution is -2.45. The highest BCUT2D eigenvalue weighted by molar-refractivity contribution is 7.19. The lowest BCUT2D eigenvalue weighted by Gasteiger charge is -2.35. The van der Waals surface area contributed by atoms with Crippen LogP contribution in [0.3, 0.4) is 0 Å². The minimum absolute atomic E-state index is 0.140. The van der Waals surface area contributed by atoms with E-state index < -0.39 is 0 Å². The molecule has 8 nitrogen and oxygen atoms in total. The van der Waals surface area contributed by atoms with Crippen LogP contribution in [0.2, 0.25) is 0 Å². The van der Waals surface area contributed by atoms with Gasteiger partial charge in [0.2, 0.25) is 5.76 Å². The Morgan fingerprint density at radius 2 is 1.90 bits per heavy atom. The number of thiazole rings is 1. The number of hydrogen-bond acceptors (Lipinski definition) is 8. The topological polar surface area (TPSA) is 93.4 Å². The molecule has 1 aliphatic rings. The van der Waals surface area contributed by atoms with Gasteiger partial charge in [-0.25, -0.2) is 4.98 Å². The van der Waals surface area contributed by atoms with Gasteiger partial charge in [0.05, 0.1) is 35.5 Å². The third-order valence-electron chi connectivity index (χ3n) is 4.80. The molecule has 9 heteroatoms. The van der Waals surface area contributed by atoms with Gasteiger partial charge in [0.25, 0.3) is 5.91 Å². The molecule has 0 bridgehead atoms. The minimum atomic E-state index is -0.316. The molecule has 0 saturated carbocycles. The lowest BCUT2D eigenvalue weighted by molar-refractivity contribution is -0.00523. The summed E-state index contributed by atoms with van der Waals surface area (Å²) in [6.07, 6.45) is 1.73. The second-order valence-electron chi connectivity index (χ2n) is 7.63. The molecule has 4 heterocycles. The molecule has 3 aromatic rings. The van der Waals surface area contributed by atoms with Crippen molar-refractivity contribution < 1.29 is 14.1 Å². The number of carbonyl (C=O) groups excluding carboxylic acids is 1. The number of morpholine rings is 1. The number of hydrogen-bond donors (Lipinski definition) is 1. The average Bonchev–Trinajstić information content (AvgIpc) is 3.35.